The van der Waals surface area contributed by atoms with Gasteiger partial charge in [0, 0.05) is 22.0 Å². The summed E-state index contributed by atoms with van der Waals surface area (Å²) in [6, 6.07) is 7.61. The Hall–Kier alpha value is -1.29. The molecule has 0 bridgehead atoms. The van der Waals surface area contributed by atoms with Crippen LogP contribution in [0.15, 0.2) is 45.1 Å². The summed E-state index contributed by atoms with van der Waals surface area (Å²) in [6.07, 6.45) is 0.540. The lowest BCUT2D eigenvalue weighted by Crippen LogP contribution is -2.26. The Kier molecular flexibility index (Phi) is 5.09. The number of nitro benzene ring substituents is 1. The van der Waals surface area contributed by atoms with E-state index in [9.17, 15) is 18.5 Å². The zero-order chi connectivity index (χ0) is 15.5. The highest BCUT2D eigenvalue weighted by atomic mass is 79.9. The normalized spacial score (nSPS) is 11.5. The molecule has 112 valence electrons. The van der Waals surface area contributed by atoms with E-state index < -0.39 is 20.6 Å². The zero-order valence-electron chi connectivity index (χ0n) is 10.7. The van der Waals surface area contributed by atoms with Gasteiger partial charge in [0.05, 0.1) is 4.92 Å². The van der Waals surface area contributed by atoms with Gasteiger partial charge in [-0.3, -0.25) is 10.1 Å². The zero-order valence-corrected chi connectivity index (χ0v) is 13.9. The van der Waals surface area contributed by atoms with Gasteiger partial charge in [-0.25, -0.2) is 13.1 Å². The molecule has 0 spiro atoms. The summed E-state index contributed by atoms with van der Waals surface area (Å²) in [5.41, 5.74) is -0.443. The van der Waals surface area contributed by atoms with Crippen LogP contribution < -0.4 is 4.72 Å². The van der Waals surface area contributed by atoms with Crippen molar-refractivity contribution in [3.8, 4) is 0 Å². The average Bonchev–Trinajstić information content (AvgIpc) is 2.91. The quantitative estimate of drug-likeness (QED) is 0.606. The molecule has 1 heterocycles. The Morgan fingerprint density at radius 1 is 1.33 bits per heavy atom. The molecule has 0 saturated heterocycles. The molecule has 0 radical (unpaired) electrons. The molecule has 6 nitrogen and oxygen atoms in total. The summed E-state index contributed by atoms with van der Waals surface area (Å²) in [5, 5.41) is 12.8. The van der Waals surface area contributed by atoms with Crippen molar-refractivity contribution in [2.45, 2.75) is 11.3 Å². The second kappa shape index (κ2) is 6.65. The van der Waals surface area contributed by atoms with Crippen LogP contribution in [0.5, 0.6) is 0 Å². The van der Waals surface area contributed by atoms with Crippen molar-refractivity contribution >= 4 is 43.0 Å². The minimum absolute atomic E-state index is 0.187. The summed E-state index contributed by atoms with van der Waals surface area (Å²) in [4.78, 5) is 10.9. The number of hydrogen-bond acceptors (Lipinski definition) is 5. The summed E-state index contributed by atoms with van der Waals surface area (Å²) in [5.74, 6) is 0. The molecular formula is C12H11BrN2O4S2. The lowest BCUT2D eigenvalue weighted by atomic mass is 10.3. The predicted octanol–water partition coefficient (Wildman–Crippen LogP) is 2.94. The summed E-state index contributed by atoms with van der Waals surface area (Å²) in [7, 11) is -3.93. The molecule has 0 aliphatic carbocycles. The van der Waals surface area contributed by atoms with E-state index in [0.717, 1.165) is 10.9 Å². The number of benzene rings is 1. The van der Waals surface area contributed by atoms with Gasteiger partial charge in [0.25, 0.3) is 5.69 Å². The third-order valence-electron chi connectivity index (χ3n) is 2.65. The van der Waals surface area contributed by atoms with Gasteiger partial charge >= 0.3 is 0 Å². The Morgan fingerprint density at radius 3 is 2.71 bits per heavy atom. The van der Waals surface area contributed by atoms with Crippen LogP contribution in [0.4, 0.5) is 5.69 Å². The van der Waals surface area contributed by atoms with Gasteiger partial charge < -0.3 is 0 Å². The van der Waals surface area contributed by atoms with Gasteiger partial charge in [0.1, 0.15) is 0 Å². The molecule has 0 fully saturated rings. The molecule has 1 aromatic heterocycles. The first-order valence-electron chi connectivity index (χ1n) is 5.86. The van der Waals surface area contributed by atoms with Crippen molar-refractivity contribution in [1.29, 1.82) is 0 Å². The van der Waals surface area contributed by atoms with Gasteiger partial charge in [-0.05, 0) is 30.0 Å². The molecule has 9 heteroatoms. The number of nitro groups is 1. The van der Waals surface area contributed by atoms with E-state index in [-0.39, 0.29) is 11.4 Å². The smallest absolute Gasteiger partial charge is 0.258 e. The van der Waals surface area contributed by atoms with E-state index in [1.165, 1.54) is 23.5 Å². The number of nitrogens with zero attached hydrogens (tertiary/aromatic N) is 1. The number of hydrogen-bond donors (Lipinski definition) is 1. The Balaban J connectivity index is 2.19. The summed E-state index contributed by atoms with van der Waals surface area (Å²) in [6.45, 7) is 0.187. The van der Waals surface area contributed by atoms with E-state index >= 15 is 0 Å². The first-order valence-corrected chi connectivity index (χ1v) is 9.02. The van der Waals surface area contributed by atoms with Crippen molar-refractivity contribution in [2.24, 2.45) is 0 Å². The van der Waals surface area contributed by atoms with E-state index in [1.54, 1.807) is 0 Å². The van der Waals surface area contributed by atoms with E-state index in [2.05, 4.69) is 20.7 Å². The van der Waals surface area contributed by atoms with Crippen molar-refractivity contribution in [3.05, 3.63) is 55.2 Å². The van der Waals surface area contributed by atoms with Crippen LogP contribution in [0.2, 0.25) is 0 Å². The first kappa shape index (κ1) is 16.1. The van der Waals surface area contributed by atoms with Crippen LogP contribution in [0, 0.1) is 10.1 Å². The fraction of sp³-hybridized carbons (Fsp3) is 0.167. The van der Waals surface area contributed by atoms with Crippen LogP contribution in [0.1, 0.15) is 4.88 Å². The maximum atomic E-state index is 12.2. The van der Waals surface area contributed by atoms with Crippen molar-refractivity contribution < 1.29 is 13.3 Å². The minimum Gasteiger partial charge on any atom is -0.258 e. The molecular weight excluding hydrogens is 380 g/mol. The monoisotopic (exact) mass is 390 g/mol. The van der Waals surface area contributed by atoms with Crippen molar-refractivity contribution in [2.75, 3.05) is 6.54 Å². The predicted molar refractivity (Wildman–Crippen MR) is 84.0 cm³/mol. The third-order valence-corrected chi connectivity index (χ3v) is 5.57. The largest absolute Gasteiger partial charge is 0.289 e. The molecule has 0 aliphatic rings. The standard InChI is InChI=1S/C12H11BrN2O4S2/c13-9-3-4-11(15(16)17)12(8-9)21(18,19)14-6-5-10-2-1-7-20-10/h1-4,7-8,14H,5-6H2. The topological polar surface area (TPSA) is 89.3 Å². The van der Waals surface area contributed by atoms with Gasteiger partial charge in [0.15, 0.2) is 4.90 Å². The fourth-order valence-electron chi connectivity index (χ4n) is 1.70. The number of rotatable bonds is 6. The molecule has 1 aromatic carbocycles. The van der Waals surface area contributed by atoms with Gasteiger partial charge in [-0.1, -0.05) is 22.0 Å². The highest BCUT2D eigenvalue weighted by Crippen LogP contribution is 2.27. The van der Waals surface area contributed by atoms with Crippen LogP contribution in [-0.2, 0) is 16.4 Å². The lowest BCUT2D eigenvalue weighted by Gasteiger charge is -2.07. The number of nitrogens with one attached hydrogen (secondary N) is 1. The number of halogens is 1. The molecule has 21 heavy (non-hydrogen) atoms. The third kappa shape index (κ3) is 4.10. The van der Waals surface area contributed by atoms with Gasteiger partial charge in [0.2, 0.25) is 10.0 Å². The average molecular weight is 391 g/mol. The van der Waals surface area contributed by atoms with Crippen molar-refractivity contribution in [3.63, 3.8) is 0 Å². The molecule has 2 rings (SSSR count). The Labute approximate surface area is 134 Å². The molecule has 0 unspecified atom stereocenters. The second-order valence-electron chi connectivity index (χ2n) is 4.10. The van der Waals surface area contributed by atoms with Gasteiger partial charge in [-0.15, -0.1) is 11.3 Å². The summed E-state index contributed by atoms with van der Waals surface area (Å²) < 4.78 is 27.3. The van der Waals surface area contributed by atoms with Crippen LogP contribution in [-0.4, -0.2) is 19.9 Å². The lowest BCUT2D eigenvalue weighted by molar-refractivity contribution is -0.387. The van der Waals surface area contributed by atoms with Crippen molar-refractivity contribution in [1.82, 2.24) is 4.72 Å². The summed E-state index contributed by atoms with van der Waals surface area (Å²) >= 11 is 4.65. The molecule has 2 aromatic rings. The minimum atomic E-state index is -3.93. The van der Waals surface area contributed by atoms with Crippen LogP contribution >= 0.6 is 27.3 Å². The van der Waals surface area contributed by atoms with Crippen LogP contribution in [0.25, 0.3) is 0 Å². The van der Waals surface area contributed by atoms with E-state index in [4.69, 9.17) is 0 Å². The SMILES string of the molecule is O=[N+]([O-])c1ccc(Br)cc1S(=O)(=O)NCCc1cccs1. The highest BCUT2D eigenvalue weighted by Gasteiger charge is 2.25. The molecule has 0 amide bonds. The second-order valence-corrected chi connectivity index (χ2v) is 7.78. The molecule has 0 aliphatic heterocycles. The molecule has 1 N–H and O–H groups in total. The maximum Gasteiger partial charge on any atom is 0.289 e. The van der Waals surface area contributed by atoms with E-state index in [1.807, 2.05) is 17.5 Å². The van der Waals surface area contributed by atoms with Crippen LogP contribution in [0.3, 0.4) is 0 Å². The van der Waals surface area contributed by atoms with Gasteiger partial charge in [-0.2, -0.15) is 0 Å². The Bertz CT molecular complexity index is 745. The molecule has 0 atom stereocenters. The molecule has 0 saturated carbocycles. The number of thiophene rings is 1. The maximum absolute atomic E-state index is 12.2. The number of sulfonamides is 1. The first-order chi connectivity index (χ1) is 9.90. The Morgan fingerprint density at radius 2 is 2.10 bits per heavy atom. The van der Waals surface area contributed by atoms with E-state index in [0.29, 0.717) is 10.9 Å². The fourth-order valence-corrected chi connectivity index (χ4v) is 4.14. The highest BCUT2D eigenvalue weighted by molar-refractivity contribution is 9.10.